The molecule has 0 saturated carbocycles. The van der Waals surface area contributed by atoms with Gasteiger partial charge in [-0.3, -0.25) is 14.4 Å². The molecule has 1 heterocycles. The van der Waals surface area contributed by atoms with Gasteiger partial charge < -0.3 is 4.74 Å². The number of benzene rings is 1. The first-order valence-corrected chi connectivity index (χ1v) is 7.11. The van der Waals surface area contributed by atoms with Crippen molar-refractivity contribution in [2.45, 2.75) is 40.2 Å². The fraction of sp³-hybridized carbons (Fsp3) is 0.412. The van der Waals surface area contributed by atoms with Crippen molar-refractivity contribution >= 4 is 17.4 Å². The van der Waals surface area contributed by atoms with Gasteiger partial charge in [0, 0.05) is 14.0 Å². The average molecular weight is 303 g/mol. The van der Waals surface area contributed by atoms with Gasteiger partial charge in [-0.15, -0.1) is 0 Å². The average Bonchev–Trinajstić information content (AvgIpc) is 2.39. The molecule has 0 aromatic heterocycles. The Morgan fingerprint density at radius 1 is 1.27 bits per heavy atom. The van der Waals surface area contributed by atoms with Gasteiger partial charge in [-0.2, -0.15) is 0 Å². The Morgan fingerprint density at radius 3 is 2.50 bits per heavy atom. The predicted octanol–water partition coefficient (Wildman–Crippen LogP) is 2.76. The smallest absolute Gasteiger partial charge is 0.307 e. The minimum atomic E-state index is -0.917. The van der Waals surface area contributed by atoms with Crippen molar-refractivity contribution in [2.24, 2.45) is 0 Å². The lowest BCUT2D eigenvalue weighted by Gasteiger charge is -2.37. The van der Waals surface area contributed by atoms with Crippen LogP contribution in [-0.4, -0.2) is 29.6 Å². The lowest BCUT2D eigenvalue weighted by molar-refractivity contribution is -0.221. The fourth-order valence-electron chi connectivity index (χ4n) is 2.54. The molecule has 0 radical (unpaired) electrons. The molecule has 1 aliphatic rings. The topological polar surface area (TPSA) is 55.8 Å². The van der Waals surface area contributed by atoms with E-state index in [1.165, 1.54) is 12.0 Å². The van der Waals surface area contributed by atoms with E-state index in [0.29, 0.717) is 5.57 Å². The van der Waals surface area contributed by atoms with Gasteiger partial charge in [-0.05, 0) is 38.8 Å². The molecule has 5 heteroatoms. The SMILES string of the molecule is CC(=O)OC1=C(c2cc(C)ccc2C)C(=O)N(C)OC1(C)C. The normalized spacial score (nSPS) is 17.7. The number of amides is 1. The second kappa shape index (κ2) is 5.57. The number of ether oxygens (including phenoxy) is 1. The fourth-order valence-corrected chi connectivity index (χ4v) is 2.54. The number of hydrogen-bond donors (Lipinski definition) is 0. The Labute approximate surface area is 130 Å². The summed E-state index contributed by atoms with van der Waals surface area (Å²) in [7, 11) is 1.56. The van der Waals surface area contributed by atoms with Gasteiger partial charge in [0.15, 0.2) is 5.76 Å². The standard InChI is InChI=1S/C17H21NO4/c1-10-7-8-11(2)13(9-10)14-15(21-12(3)19)17(4,5)22-18(6)16(14)20/h7-9H,1-6H3. The number of carbonyl (C=O) groups excluding carboxylic acids is 2. The van der Waals surface area contributed by atoms with Crippen molar-refractivity contribution in [3.05, 3.63) is 40.6 Å². The number of hydroxylamine groups is 2. The Kier molecular flexibility index (Phi) is 4.11. The molecule has 0 bridgehead atoms. The molecule has 22 heavy (non-hydrogen) atoms. The first kappa shape index (κ1) is 16.2. The largest absolute Gasteiger partial charge is 0.427 e. The molecule has 0 atom stereocenters. The molecule has 0 saturated heterocycles. The summed E-state index contributed by atoms with van der Waals surface area (Å²) >= 11 is 0. The molecule has 0 N–H and O–H groups in total. The van der Waals surface area contributed by atoms with E-state index in [4.69, 9.17) is 9.57 Å². The highest BCUT2D eigenvalue weighted by Crippen LogP contribution is 2.37. The quantitative estimate of drug-likeness (QED) is 0.788. The first-order valence-electron chi connectivity index (χ1n) is 7.11. The first-order chi connectivity index (χ1) is 10.1. The maximum absolute atomic E-state index is 12.6. The zero-order valence-electron chi connectivity index (χ0n) is 13.8. The maximum atomic E-state index is 12.6. The number of likely N-dealkylation sites (N-methyl/N-ethyl adjacent to an activating group) is 1. The number of esters is 1. The molecule has 118 valence electrons. The molecule has 5 nitrogen and oxygen atoms in total. The van der Waals surface area contributed by atoms with Gasteiger partial charge >= 0.3 is 5.97 Å². The summed E-state index contributed by atoms with van der Waals surface area (Å²) in [6.45, 7) is 8.71. The molecule has 0 aliphatic carbocycles. The second-order valence-corrected chi connectivity index (χ2v) is 6.02. The number of nitrogens with zero attached hydrogens (tertiary/aromatic N) is 1. The van der Waals surface area contributed by atoms with Crippen molar-refractivity contribution < 1.29 is 19.2 Å². The van der Waals surface area contributed by atoms with Gasteiger partial charge in [-0.25, -0.2) is 5.06 Å². The molecule has 2 rings (SSSR count). The van der Waals surface area contributed by atoms with Crippen LogP contribution in [0.4, 0.5) is 0 Å². The van der Waals surface area contributed by atoms with Crippen LogP contribution in [0.2, 0.25) is 0 Å². The Hall–Kier alpha value is -2.14. The number of carbonyl (C=O) groups is 2. The van der Waals surface area contributed by atoms with Gasteiger partial charge in [0.25, 0.3) is 5.91 Å². The highest BCUT2D eigenvalue weighted by atomic mass is 16.7. The zero-order chi connectivity index (χ0) is 16.7. The van der Waals surface area contributed by atoms with E-state index in [1.807, 2.05) is 32.0 Å². The summed E-state index contributed by atoms with van der Waals surface area (Å²) < 4.78 is 5.36. The minimum absolute atomic E-state index is 0.247. The maximum Gasteiger partial charge on any atom is 0.307 e. The predicted molar refractivity (Wildman–Crippen MR) is 82.5 cm³/mol. The van der Waals surface area contributed by atoms with Crippen molar-refractivity contribution in [3.63, 3.8) is 0 Å². The summed E-state index contributed by atoms with van der Waals surface area (Å²) in [6.07, 6.45) is 0. The molecule has 1 amide bonds. The van der Waals surface area contributed by atoms with E-state index in [-0.39, 0.29) is 11.7 Å². The summed E-state index contributed by atoms with van der Waals surface area (Å²) in [5, 5.41) is 1.18. The lowest BCUT2D eigenvalue weighted by Crippen LogP contribution is -2.46. The number of aryl methyl sites for hydroxylation is 2. The van der Waals surface area contributed by atoms with Crippen LogP contribution >= 0.6 is 0 Å². The van der Waals surface area contributed by atoms with Crippen LogP contribution < -0.4 is 0 Å². The van der Waals surface area contributed by atoms with E-state index in [9.17, 15) is 9.59 Å². The molecule has 1 aromatic rings. The van der Waals surface area contributed by atoms with E-state index in [0.717, 1.165) is 16.7 Å². The van der Waals surface area contributed by atoms with Crippen molar-refractivity contribution in [1.29, 1.82) is 0 Å². The van der Waals surface area contributed by atoms with Crippen LogP contribution in [0, 0.1) is 13.8 Å². The number of rotatable bonds is 2. The molecule has 0 spiro atoms. The minimum Gasteiger partial charge on any atom is -0.427 e. The van der Waals surface area contributed by atoms with Crippen LogP contribution in [-0.2, 0) is 19.2 Å². The zero-order valence-corrected chi connectivity index (χ0v) is 13.8. The molecule has 1 aromatic carbocycles. The molecule has 0 fully saturated rings. The summed E-state index contributed by atoms with van der Waals surface area (Å²) in [5.74, 6) is -0.562. The van der Waals surface area contributed by atoms with Crippen molar-refractivity contribution in [1.82, 2.24) is 5.06 Å². The van der Waals surface area contributed by atoms with Crippen LogP contribution in [0.25, 0.3) is 5.57 Å². The van der Waals surface area contributed by atoms with E-state index < -0.39 is 11.6 Å². The van der Waals surface area contributed by atoms with Gasteiger partial charge in [-0.1, -0.05) is 23.8 Å². The highest BCUT2D eigenvalue weighted by molar-refractivity contribution is 6.21. The molecule has 1 aliphatic heterocycles. The summed E-state index contributed by atoms with van der Waals surface area (Å²) in [6, 6.07) is 5.84. The van der Waals surface area contributed by atoms with Crippen LogP contribution in [0.3, 0.4) is 0 Å². The van der Waals surface area contributed by atoms with E-state index in [1.54, 1.807) is 20.9 Å². The van der Waals surface area contributed by atoms with Gasteiger partial charge in [0.2, 0.25) is 0 Å². The van der Waals surface area contributed by atoms with E-state index in [2.05, 4.69) is 0 Å². The molecule has 0 unspecified atom stereocenters. The summed E-state index contributed by atoms with van der Waals surface area (Å²) in [4.78, 5) is 29.7. The van der Waals surface area contributed by atoms with Crippen molar-refractivity contribution in [2.75, 3.05) is 7.05 Å². The molecular formula is C17H21NO4. The monoisotopic (exact) mass is 303 g/mol. The summed E-state index contributed by atoms with van der Waals surface area (Å²) in [5.41, 5.74) is 2.17. The van der Waals surface area contributed by atoms with E-state index >= 15 is 0 Å². The van der Waals surface area contributed by atoms with Crippen LogP contribution in [0.15, 0.2) is 24.0 Å². The Morgan fingerprint density at radius 2 is 1.91 bits per heavy atom. The van der Waals surface area contributed by atoms with Crippen molar-refractivity contribution in [3.8, 4) is 0 Å². The number of hydrogen-bond acceptors (Lipinski definition) is 4. The van der Waals surface area contributed by atoms with Gasteiger partial charge in [0.05, 0.1) is 5.57 Å². The third-order valence-electron chi connectivity index (χ3n) is 3.55. The third kappa shape index (κ3) is 2.90. The Balaban J connectivity index is 2.77. The second-order valence-electron chi connectivity index (χ2n) is 6.02. The Bertz CT molecular complexity index is 673. The van der Waals surface area contributed by atoms with Gasteiger partial charge in [0.1, 0.15) is 5.60 Å². The highest BCUT2D eigenvalue weighted by Gasteiger charge is 2.42. The van der Waals surface area contributed by atoms with Crippen LogP contribution in [0.5, 0.6) is 0 Å². The third-order valence-corrected chi connectivity index (χ3v) is 3.55. The lowest BCUT2D eigenvalue weighted by atomic mass is 9.91. The molecular weight excluding hydrogens is 282 g/mol. The van der Waals surface area contributed by atoms with Crippen LogP contribution in [0.1, 0.15) is 37.5 Å².